The molecule has 1 fully saturated rings. The molecule has 1 aliphatic rings. The maximum absolute atomic E-state index is 2.57. The van der Waals surface area contributed by atoms with Gasteiger partial charge >= 0.3 is 0 Å². The highest BCUT2D eigenvalue weighted by atomic mass is 15.1. The van der Waals surface area contributed by atoms with E-state index < -0.39 is 0 Å². The zero-order valence-electron chi connectivity index (χ0n) is 7.27. The molecule has 1 aliphatic heterocycles. The molecule has 0 aliphatic carbocycles. The van der Waals surface area contributed by atoms with Crippen LogP contribution < -0.4 is 0 Å². The van der Waals surface area contributed by atoms with E-state index in [4.69, 9.17) is 0 Å². The lowest BCUT2D eigenvalue weighted by Gasteiger charge is -2.19. The lowest BCUT2D eigenvalue weighted by Crippen LogP contribution is -2.26. The van der Waals surface area contributed by atoms with E-state index in [9.17, 15) is 0 Å². The Bertz CT molecular complexity index is 90.7. The van der Waals surface area contributed by atoms with E-state index in [-0.39, 0.29) is 0 Å². The quantitative estimate of drug-likeness (QED) is 0.540. The standard InChI is InChI=1S/C9H19N/c1-3-10-7-5-4-6-9(2)8-10/h9H,3-8H2,1-2H3/t9-/m1/s1. The van der Waals surface area contributed by atoms with Crippen molar-refractivity contribution in [2.24, 2.45) is 5.92 Å². The molecule has 10 heavy (non-hydrogen) atoms. The van der Waals surface area contributed by atoms with Crippen molar-refractivity contribution in [1.82, 2.24) is 4.90 Å². The molecule has 0 aromatic rings. The van der Waals surface area contributed by atoms with Crippen LogP contribution in [0.1, 0.15) is 33.1 Å². The van der Waals surface area contributed by atoms with Crippen LogP contribution in [-0.4, -0.2) is 24.5 Å². The van der Waals surface area contributed by atoms with Gasteiger partial charge in [0, 0.05) is 6.54 Å². The molecule has 0 unspecified atom stereocenters. The average Bonchev–Trinajstić information content (AvgIpc) is 2.13. The zero-order chi connectivity index (χ0) is 7.40. The minimum Gasteiger partial charge on any atom is -0.303 e. The van der Waals surface area contributed by atoms with Crippen molar-refractivity contribution in [2.75, 3.05) is 19.6 Å². The highest BCUT2D eigenvalue weighted by Gasteiger charge is 2.11. The molecule has 0 saturated carbocycles. The molecule has 0 radical (unpaired) electrons. The zero-order valence-corrected chi connectivity index (χ0v) is 7.27. The minimum atomic E-state index is 0.933. The summed E-state index contributed by atoms with van der Waals surface area (Å²) in [5.41, 5.74) is 0. The summed E-state index contributed by atoms with van der Waals surface area (Å²) < 4.78 is 0. The van der Waals surface area contributed by atoms with Crippen LogP contribution in [0.3, 0.4) is 0 Å². The first-order chi connectivity index (χ1) is 4.83. The Labute approximate surface area is 64.4 Å². The molecule has 1 heteroatoms. The van der Waals surface area contributed by atoms with Crippen LogP contribution in [0.4, 0.5) is 0 Å². The van der Waals surface area contributed by atoms with Crippen molar-refractivity contribution in [3.05, 3.63) is 0 Å². The molecule has 0 bridgehead atoms. The second-order valence-electron chi connectivity index (χ2n) is 3.49. The summed E-state index contributed by atoms with van der Waals surface area (Å²) in [4.78, 5) is 2.57. The Morgan fingerprint density at radius 2 is 2.20 bits per heavy atom. The predicted octanol–water partition coefficient (Wildman–Crippen LogP) is 2.13. The van der Waals surface area contributed by atoms with Crippen LogP contribution in [0.25, 0.3) is 0 Å². The van der Waals surface area contributed by atoms with Gasteiger partial charge in [0.25, 0.3) is 0 Å². The van der Waals surface area contributed by atoms with Gasteiger partial charge < -0.3 is 4.90 Å². The van der Waals surface area contributed by atoms with E-state index in [1.54, 1.807) is 0 Å². The van der Waals surface area contributed by atoms with Gasteiger partial charge in [-0.2, -0.15) is 0 Å². The van der Waals surface area contributed by atoms with Crippen molar-refractivity contribution < 1.29 is 0 Å². The van der Waals surface area contributed by atoms with Crippen LogP contribution in [0.15, 0.2) is 0 Å². The fraction of sp³-hybridized carbons (Fsp3) is 1.00. The Kier molecular flexibility index (Phi) is 3.20. The minimum absolute atomic E-state index is 0.933. The summed E-state index contributed by atoms with van der Waals surface area (Å²) in [5, 5.41) is 0. The maximum atomic E-state index is 2.57. The van der Waals surface area contributed by atoms with Crippen molar-refractivity contribution in [1.29, 1.82) is 0 Å². The maximum Gasteiger partial charge on any atom is 0.000690 e. The van der Waals surface area contributed by atoms with E-state index in [0.717, 1.165) is 5.92 Å². The fourth-order valence-corrected chi connectivity index (χ4v) is 1.74. The van der Waals surface area contributed by atoms with E-state index in [1.807, 2.05) is 0 Å². The van der Waals surface area contributed by atoms with Crippen LogP contribution in [0, 0.1) is 5.92 Å². The third kappa shape index (κ3) is 2.30. The van der Waals surface area contributed by atoms with Gasteiger partial charge in [0.1, 0.15) is 0 Å². The second-order valence-corrected chi connectivity index (χ2v) is 3.49. The molecule has 0 aromatic heterocycles. The third-order valence-corrected chi connectivity index (χ3v) is 2.44. The van der Waals surface area contributed by atoms with E-state index in [0.29, 0.717) is 0 Å². The molecule has 0 amide bonds. The lowest BCUT2D eigenvalue weighted by atomic mass is 10.1. The van der Waals surface area contributed by atoms with E-state index >= 15 is 0 Å². The molecule has 0 aromatic carbocycles. The predicted molar refractivity (Wildman–Crippen MR) is 45.1 cm³/mol. The average molecular weight is 141 g/mol. The topological polar surface area (TPSA) is 3.24 Å². The number of hydrogen-bond acceptors (Lipinski definition) is 1. The molecule has 1 atom stereocenters. The first kappa shape index (κ1) is 8.06. The van der Waals surface area contributed by atoms with Gasteiger partial charge in [-0.1, -0.05) is 20.3 Å². The Balaban J connectivity index is 2.30. The molecular formula is C9H19N. The third-order valence-electron chi connectivity index (χ3n) is 2.44. The monoisotopic (exact) mass is 141 g/mol. The van der Waals surface area contributed by atoms with Crippen LogP contribution >= 0.6 is 0 Å². The van der Waals surface area contributed by atoms with Gasteiger partial charge in [-0.05, 0) is 31.8 Å². The van der Waals surface area contributed by atoms with Gasteiger partial charge in [0.15, 0.2) is 0 Å². The normalized spacial score (nSPS) is 30.0. The van der Waals surface area contributed by atoms with Crippen molar-refractivity contribution >= 4 is 0 Å². The highest BCUT2D eigenvalue weighted by molar-refractivity contribution is 4.66. The van der Waals surface area contributed by atoms with Gasteiger partial charge in [-0.3, -0.25) is 0 Å². The van der Waals surface area contributed by atoms with Gasteiger partial charge in [-0.15, -0.1) is 0 Å². The molecule has 60 valence electrons. The fourth-order valence-electron chi connectivity index (χ4n) is 1.74. The SMILES string of the molecule is CCN1CCCC[C@@H](C)C1. The van der Waals surface area contributed by atoms with Crippen LogP contribution in [-0.2, 0) is 0 Å². The summed E-state index contributed by atoms with van der Waals surface area (Å²) >= 11 is 0. The van der Waals surface area contributed by atoms with Crippen LogP contribution in [0.2, 0.25) is 0 Å². The van der Waals surface area contributed by atoms with Crippen molar-refractivity contribution in [2.45, 2.75) is 33.1 Å². The molecule has 1 heterocycles. The van der Waals surface area contributed by atoms with E-state index in [1.165, 1.54) is 38.9 Å². The van der Waals surface area contributed by atoms with Crippen molar-refractivity contribution in [3.8, 4) is 0 Å². The first-order valence-electron chi connectivity index (χ1n) is 4.55. The largest absolute Gasteiger partial charge is 0.303 e. The molecule has 0 N–H and O–H groups in total. The van der Waals surface area contributed by atoms with Gasteiger partial charge in [-0.25, -0.2) is 0 Å². The summed E-state index contributed by atoms with van der Waals surface area (Å²) in [5.74, 6) is 0.933. The van der Waals surface area contributed by atoms with Crippen LogP contribution in [0.5, 0.6) is 0 Å². The summed E-state index contributed by atoms with van der Waals surface area (Å²) in [6.45, 7) is 8.54. The lowest BCUT2D eigenvalue weighted by molar-refractivity contribution is 0.269. The number of likely N-dealkylation sites (tertiary alicyclic amines) is 1. The van der Waals surface area contributed by atoms with Gasteiger partial charge in [0.05, 0.1) is 0 Å². The molecule has 0 spiro atoms. The highest BCUT2D eigenvalue weighted by Crippen LogP contribution is 2.14. The second kappa shape index (κ2) is 3.97. The smallest absolute Gasteiger partial charge is 0.000690 e. The number of hydrogen-bond donors (Lipinski definition) is 0. The molecule has 1 saturated heterocycles. The summed E-state index contributed by atoms with van der Waals surface area (Å²) in [6.07, 6.45) is 4.30. The number of rotatable bonds is 1. The van der Waals surface area contributed by atoms with E-state index in [2.05, 4.69) is 18.7 Å². The number of nitrogens with zero attached hydrogens (tertiary/aromatic N) is 1. The Morgan fingerprint density at radius 3 is 2.90 bits per heavy atom. The Hall–Kier alpha value is -0.0400. The molecule has 1 nitrogen and oxygen atoms in total. The molecular weight excluding hydrogens is 122 g/mol. The Morgan fingerprint density at radius 1 is 1.40 bits per heavy atom. The summed E-state index contributed by atoms with van der Waals surface area (Å²) in [7, 11) is 0. The van der Waals surface area contributed by atoms with Crippen molar-refractivity contribution in [3.63, 3.8) is 0 Å². The molecule has 1 rings (SSSR count). The first-order valence-corrected chi connectivity index (χ1v) is 4.55. The van der Waals surface area contributed by atoms with Gasteiger partial charge in [0.2, 0.25) is 0 Å². The summed E-state index contributed by atoms with van der Waals surface area (Å²) in [6, 6.07) is 0.